The number of nitrogens with two attached hydrogens (primary N) is 1. The summed E-state index contributed by atoms with van der Waals surface area (Å²) in [5, 5.41) is 5.11. The molecule has 5 nitrogen and oxygen atoms in total. The predicted molar refractivity (Wildman–Crippen MR) is 81.4 cm³/mol. The lowest BCUT2D eigenvalue weighted by atomic mass is 9.94. The molecule has 0 radical (unpaired) electrons. The van der Waals surface area contributed by atoms with E-state index in [1.54, 1.807) is 13.0 Å². The van der Waals surface area contributed by atoms with Gasteiger partial charge in [-0.05, 0) is 56.4 Å². The first kappa shape index (κ1) is 16.0. The number of hydrogen-bond acceptors (Lipinski definition) is 3. The van der Waals surface area contributed by atoms with Crippen molar-refractivity contribution in [2.75, 3.05) is 6.54 Å². The molecule has 2 N–H and O–H groups in total. The number of carbonyl (C=O) groups is 1. The average molecular weight is 310 g/mol. The van der Waals surface area contributed by atoms with E-state index >= 15 is 0 Å². The number of benzene rings is 1. The number of aryl methyl sites for hydroxylation is 1. The maximum atomic E-state index is 12.7. The Morgan fingerprint density at radius 1 is 1.29 bits per heavy atom. The Balaban J connectivity index is 2.31. The van der Waals surface area contributed by atoms with Crippen molar-refractivity contribution in [3.05, 3.63) is 29.3 Å². The summed E-state index contributed by atoms with van der Waals surface area (Å²) in [4.78, 5) is 14.6. The highest BCUT2D eigenvalue weighted by Crippen LogP contribution is 2.25. The highest BCUT2D eigenvalue weighted by molar-refractivity contribution is 7.89. The van der Waals surface area contributed by atoms with Crippen LogP contribution in [0.25, 0.3) is 0 Å². The van der Waals surface area contributed by atoms with E-state index in [2.05, 4.69) is 13.8 Å². The van der Waals surface area contributed by atoms with E-state index in [-0.39, 0.29) is 16.8 Å². The summed E-state index contributed by atoms with van der Waals surface area (Å²) in [5.74, 6) is 0.460. The summed E-state index contributed by atoms with van der Waals surface area (Å²) in [5.41, 5.74) is 1.18. The molecule has 1 saturated heterocycles. The molecule has 0 aromatic heterocycles. The molecule has 0 saturated carbocycles. The van der Waals surface area contributed by atoms with Crippen LogP contribution in [0.4, 0.5) is 0 Å². The van der Waals surface area contributed by atoms with Gasteiger partial charge in [0.1, 0.15) is 0 Å². The van der Waals surface area contributed by atoms with Gasteiger partial charge in [0.2, 0.25) is 10.0 Å². The van der Waals surface area contributed by atoms with Gasteiger partial charge in [-0.3, -0.25) is 4.79 Å². The van der Waals surface area contributed by atoms with Gasteiger partial charge in [-0.15, -0.1) is 0 Å². The first-order valence-electron chi connectivity index (χ1n) is 7.14. The molecule has 2 unspecified atom stereocenters. The van der Waals surface area contributed by atoms with Crippen LogP contribution in [-0.2, 0) is 10.0 Å². The van der Waals surface area contributed by atoms with Crippen molar-refractivity contribution in [3.8, 4) is 0 Å². The molecule has 6 heteroatoms. The molecular formula is C15H22N2O3S. The molecule has 2 rings (SSSR count). The Bertz CT molecular complexity index is 655. The summed E-state index contributed by atoms with van der Waals surface area (Å²) in [6, 6.07) is 4.63. The molecule has 0 bridgehead atoms. The fourth-order valence-corrected chi connectivity index (χ4v) is 3.38. The number of hydrogen-bond donors (Lipinski definition) is 1. The smallest absolute Gasteiger partial charge is 0.254 e. The van der Waals surface area contributed by atoms with Gasteiger partial charge in [-0.1, -0.05) is 6.92 Å². The lowest BCUT2D eigenvalue weighted by Gasteiger charge is -2.37. The van der Waals surface area contributed by atoms with E-state index < -0.39 is 10.0 Å². The first-order chi connectivity index (χ1) is 9.70. The van der Waals surface area contributed by atoms with Gasteiger partial charge in [0.25, 0.3) is 5.91 Å². The minimum atomic E-state index is -3.74. The number of primary sulfonamides is 1. The summed E-state index contributed by atoms with van der Waals surface area (Å²) < 4.78 is 22.7. The number of rotatable bonds is 2. The summed E-state index contributed by atoms with van der Waals surface area (Å²) in [6.07, 6.45) is 2.13. The molecule has 0 spiro atoms. The van der Waals surface area contributed by atoms with Crippen LogP contribution in [0, 0.1) is 12.8 Å². The van der Waals surface area contributed by atoms with Crippen molar-refractivity contribution in [1.29, 1.82) is 0 Å². The molecule has 1 fully saturated rings. The Morgan fingerprint density at radius 2 is 1.95 bits per heavy atom. The molecule has 21 heavy (non-hydrogen) atoms. The van der Waals surface area contributed by atoms with Crippen molar-refractivity contribution in [2.45, 2.75) is 44.6 Å². The summed E-state index contributed by atoms with van der Waals surface area (Å²) >= 11 is 0. The molecular weight excluding hydrogens is 288 g/mol. The maximum Gasteiger partial charge on any atom is 0.254 e. The summed E-state index contributed by atoms with van der Waals surface area (Å²) in [7, 11) is -3.74. The second-order valence-electron chi connectivity index (χ2n) is 6.01. The van der Waals surface area contributed by atoms with E-state index in [4.69, 9.17) is 5.14 Å². The summed E-state index contributed by atoms with van der Waals surface area (Å²) in [6.45, 7) is 6.68. The monoisotopic (exact) mass is 310 g/mol. The normalized spacial score (nSPS) is 23.1. The molecule has 2 atom stereocenters. The number of likely N-dealkylation sites (tertiary alicyclic amines) is 1. The van der Waals surface area contributed by atoms with Crippen LogP contribution in [0.15, 0.2) is 23.1 Å². The largest absolute Gasteiger partial charge is 0.336 e. The Labute approximate surface area is 126 Å². The van der Waals surface area contributed by atoms with Crippen molar-refractivity contribution in [1.82, 2.24) is 4.90 Å². The van der Waals surface area contributed by atoms with Gasteiger partial charge in [0, 0.05) is 18.2 Å². The number of amides is 1. The highest BCUT2D eigenvalue weighted by atomic mass is 32.2. The fraction of sp³-hybridized carbons (Fsp3) is 0.533. The van der Waals surface area contributed by atoms with Crippen LogP contribution in [0.3, 0.4) is 0 Å². The van der Waals surface area contributed by atoms with Crippen LogP contribution in [-0.4, -0.2) is 31.8 Å². The zero-order valence-corrected chi connectivity index (χ0v) is 13.5. The van der Waals surface area contributed by atoms with E-state index in [0.717, 1.165) is 19.4 Å². The second kappa shape index (κ2) is 5.77. The standard InChI is InChI=1S/C15H22N2O3S/c1-10-4-5-12(3)17(9-10)15(18)14-7-6-13(8-11(14)2)21(16,19)20/h6-8,10,12H,4-5,9H2,1-3H3,(H2,16,19,20). The van der Waals surface area contributed by atoms with Crippen LogP contribution in [0.5, 0.6) is 0 Å². The third kappa shape index (κ3) is 3.44. The average Bonchev–Trinajstić information content (AvgIpc) is 2.39. The van der Waals surface area contributed by atoms with Gasteiger partial charge in [0.05, 0.1) is 4.90 Å². The van der Waals surface area contributed by atoms with Crippen molar-refractivity contribution >= 4 is 15.9 Å². The van der Waals surface area contributed by atoms with Crippen molar-refractivity contribution in [3.63, 3.8) is 0 Å². The Kier molecular flexibility index (Phi) is 4.39. The van der Waals surface area contributed by atoms with Crippen molar-refractivity contribution in [2.24, 2.45) is 11.1 Å². The zero-order valence-electron chi connectivity index (χ0n) is 12.7. The molecule has 1 aromatic rings. The van der Waals surface area contributed by atoms with E-state index in [1.807, 2.05) is 4.90 Å². The minimum Gasteiger partial charge on any atom is -0.336 e. The molecule has 0 aliphatic carbocycles. The van der Waals surface area contributed by atoms with E-state index in [9.17, 15) is 13.2 Å². The van der Waals surface area contributed by atoms with Gasteiger partial charge >= 0.3 is 0 Å². The Morgan fingerprint density at radius 3 is 2.52 bits per heavy atom. The predicted octanol–water partition coefficient (Wildman–Crippen LogP) is 1.90. The fourth-order valence-electron chi connectivity index (χ4n) is 2.78. The molecule has 1 aromatic carbocycles. The number of sulfonamides is 1. The quantitative estimate of drug-likeness (QED) is 0.906. The first-order valence-corrected chi connectivity index (χ1v) is 8.69. The van der Waals surface area contributed by atoms with Crippen LogP contribution in [0.2, 0.25) is 0 Å². The van der Waals surface area contributed by atoms with Gasteiger partial charge in [-0.2, -0.15) is 0 Å². The van der Waals surface area contributed by atoms with E-state index in [1.165, 1.54) is 12.1 Å². The van der Waals surface area contributed by atoms with Gasteiger partial charge in [-0.25, -0.2) is 13.6 Å². The third-order valence-corrected chi connectivity index (χ3v) is 5.05. The van der Waals surface area contributed by atoms with Crippen molar-refractivity contribution < 1.29 is 13.2 Å². The molecule has 116 valence electrons. The molecule has 1 heterocycles. The highest BCUT2D eigenvalue weighted by Gasteiger charge is 2.28. The number of nitrogens with zero attached hydrogens (tertiary/aromatic N) is 1. The van der Waals surface area contributed by atoms with Crippen LogP contribution >= 0.6 is 0 Å². The zero-order chi connectivity index (χ0) is 15.8. The molecule has 1 amide bonds. The van der Waals surface area contributed by atoms with Gasteiger partial charge in [0.15, 0.2) is 0 Å². The lowest BCUT2D eigenvalue weighted by molar-refractivity contribution is 0.0573. The van der Waals surface area contributed by atoms with Crippen LogP contribution in [0.1, 0.15) is 42.6 Å². The molecule has 1 aliphatic rings. The SMILES string of the molecule is Cc1cc(S(N)(=O)=O)ccc1C(=O)N1CC(C)CCC1C. The molecule has 1 aliphatic heterocycles. The lowest BCUT2D eigenvalue weighted by Crippen LogP contribution is -2.45. The maximum absolute atomic E-state index is 12.7. The Hall–Kier alpha value is -1.40. The number of piperidine rings is 1. The van der Waals surface area contributed by atoms with E-state index in [0.29, 0.717) is 17.0 Å². The van der Waals surface area contributed by atoms with Gasteiger partial charge < -0.3 is 4.90 Å². The number of carbonyl (C=O) groups excluding carboxylic acids is 1. The third-order valence-electron chi connectivity index (χ3n) is 4.14. The topological polar surface area (TPSA) is 80.5 Å². The minimum absolute atomic E-state index is 0.0347. The second-order valence-corrected chi connectivity index (χ2v) is 7.57. The van der Waals surface area contributed by atoms with Crippen LogP contribution < -0.4 is 5.14 Å².